The Labute approximate surface area is 223 Å². The Morgan fingerprint density at radius 2 is 1.54 bits per heavy atom. The third-order valence-corrected chi connectivity index (χ3v) is 7.93. The lowest BCUT2D eigenvalue weighted by molar-refractivity contribution is -0.131. The molecule has 37 heavy (non-hydrogen) atoms. The van der Waals surface area contributed by atoms with Crippen LogP contribution in [0.5, 0.6) is 0 Å². The summed E-state index contributed by atoms with van der Waals surface area (Å²) in [6.45, 7) is 7.22. The van der Waals surface area contributed by atoms with Crippen LogP contribution in [0.2, 0.25) is 5.02 Å². The molecular formula is C28H32ClN3O4S. The van der Waals surface area contributed by atoms with Crippen LogP contribution in [0.25, 0.3) is 11.1 Å². The Kier molecular flexibility index (Phi) is 8.66. The van der Waals surface area contributed by atoms with Crippen LogP contribution in [0, 0.1) is 19.8 Å². The molecule has 3 aromatic carbocycles. The van der Waals surface area contributed by atoms with Gasteiger partial charge in [0.1, 0.15) is 6.04 Å². The molecule has 0 heterocycles. The van der Waals surface area contributed by atoms with Gasteiger partial charge in [-0.15, -0.1) is 0 Å². The van der Waals surface area contributed by atoms with E-state index in [2.05, 4.69) is 10.0 Å². The van der Waals surface area contributed by atoms with E-state index >= 15 is 0 Å². The largest absolute Gasteiger partial charge is 0.347 e. The SMILES string of the molecule is Cc1cc(S(=O)(=O)Nc2cccc(-c3ccc(C(=O)NC(C(=O)N(C)C)C(C)C)cc3)c2)c(C)cc1Cl. The Balaban J connectivity index is 1.80. The zero-order valence-electron chi connectivity index (χ0n) is 21.8. The van der Waals surface area contributed by atoms with Crippen LogP contribution in [0.1, 0.15) is 35.3 Å². The Morgan fingerprint density at radius 1 is 0.892 bits per heavy atom. The molecule has 0 aliphatic heterocycles. The minimum Gasteiger partial charge on any atom is -0.347 e. The van der Waals surface area contributed by atoms with Crippen molar-refractivity contribution in [3.63, 3.8) is 0 Å². The number of sulfonamides is 1. The molecule has 3 aromatic rings. The first-order valence-electron chi connectivity index (χ1n) is 11.8. The zero-order chi connectivity index (χ0) is 27.5. The van der Waals surface area contributed by atoms with Gasteiger partial charge in [0, 0.05) is 30.4 Å². The second-order valence-corrected chi connectivity index (χ2v) is 11.6. The van der Waals surface area contributed by atoms with Gasteiger partial charge in [-0.25, -0.2) is 8.42 Å². The van der Waals surface area contributed by atoms with E-state index in [4.69, 9.17) is 11.6 Å². The molecular weight excluding hydrogens is 510 g/mol. The number of carbonyl (C=O) groups is 2. The molecule has 0 saturated heterocycles. The number of anilines is 1. The fraction of sp³-hybridized carbons (Fsp3) is 0.286. The highest BCUT2D eigenvalue weighted by molar-refractivity contribution is 7.92. The molecule has 0 saturated carbocycles. The Morgan fingerprint density at radius 3 is 2.14 bits per heavy atom. The number of carbonyl (C=O) groups excluding carboxylic acids is 2. The fourth-order valence-electron chi connectivity index (χ4n) is 3.85. The predicted molar refractivity (Wildman–Crippen MR) is 148 cm³/mol. The van der Waals surface area contributed by atoms with Crippen LogP contribution in [-0.2, 0) is 14.8 Å². The lowest BCUT2D eigenvalue weighted by Crippen LogP contribution is -2.49. The summed E-state index contributed by atoms with van der Waals surface area (Å²) in [5, 5.41) is 3.33. The summed E-state index contributed by atoms with van der Waals surface area (Å²) in [7, 11) is -0.510. The third kappa shape index (κ3) is 6.70. The first-order chi connectivity index (χ1) is 17.3. The maximum absolute atomic E-state index is 13.1. The maximum Gasteiger partial charge on any atom is 0.262 e. The molecule has 196 valence electrons. The molecule has 2 N–H and O–H groups in total. The zero-order valence-corrected chi connectivity index (χ0v) is 23.4. The summed E-state index contributed by atoms with van der Waals surface area (Å²) >= 11 is 6.12. The van der Waals surface area contributed by atoms with Crippen LogP contribution >= 0.6 is 11.6 Å². The number of nitrogens with zero attached hydrogens (tertiary/aromatic N) is 1. The van der Waals surface area contributed by atoms with E-state index in [1.54, 1.807) is 82.5 Å². The van der Waals surface area contributed by atoms with Gasteiger partial charge in [-0.05, 0) is 78.4 Å². The quantitative estimate of drug-likeness (QED) is 0.406. The first-order valence-corrected chi connectivity index (χ1v) is 13.7. The van der Waals surface area contributed by atoms with Gasteiger partial charge in [0.05, 0.1) is 4.90 Å². The van der Waals surface area contributed by atoms with E-state index in [-0.39, 0.29) is 22.6 Å². The molecule has 0 aromatic heterocycles. The molecule has 0 aliphatic carbocycles. The molecule has 1 unspecified atom stereocenters. The van der Waals surface area contributed by atoms with Crippen LogP contribution in [0.3, 0.4) is 0 Å². The van der Waals surface area contributed by atoms with Crippen LogP contribution in [-0.4, -0.2) is 45.3 Å². The average Bonchev–Trinajstić information content (AvgIpc) is 2.83. The third-order valence-electron chi connectivity index (χ3n) is 6.00. The lowest BCUT2D eigenvalue weighted by atomic mass is 10.0. The van der Waals surface area contributed by atoms with Crippen molar-refractivity contribution in [2.75, 3.05) is 18.8 Å². The van der Waals surface area contributed by atoms with Crippen LogP contribution < -0.4 is 10.0 Å². The van der Waals surface area contributed by atoms with Crippen LogP contribution in [0.15, 0.2) is 65.6 Å². The second kappa shape index (κ2) is 11.4. The second-order valence-electron chi connectivity index (χ2n) is 9.56. The van der Waals surface area contributed by atoms with E-state index in [9.17, 15) is 18.0 Å². The summed E-state index contributed by atoms with van der Waals surface area (Å²) in [4.78, 5) is 26.8. The van der Waals surface area contributed by atoms with Crippen molar-refractivity contribution in [1.29, 1.82) is 0 Å². The Hall–Kier alpha value is -3.36. The number of benzene rings is 3. The van der Waals surface area contributed by atoms with E-state index < -0.39 is 16.1 Å². The molecule has 9 heteroatoms. The van der Waals surface area contributed by atoms with Gasteiger partial charge in [-0.3, -0.25) is 14.3 Å². The van der Waals surface area contributed by atoms with Crippen molar-refractivity contribution in [2.45, 2.75) is 38.6 Å². The molecule has 1 atom stereocenters. The van der Waals surface area contributed by atoms with Crippen LogP contribution in [0.4, 0.5) is 5.69 Å². The molecule has 3 rings (SSSR count). The molecule has 0 bridgehead atoms. The highest BCUT2D eigenvalue weighted by Crippen LogP contribution is 2.28. The molecule has 2 amide bonds. The smallest absolute Gasteiger partial charge is 0.262 e. The maximum atomic E-state index is 13.1. The monoisotopic (exact) mass is 541 g/mol. The van der Waals surface area contributed by atoms with Gasteiger partial charge in [-0.2, -0.15) is 0 Å². The highest BCUT2D eigenvalue weighted by atomic mass is 35.5. The minimum absolute atomic E-state index is 0.0646. The molecule has 0 aliphatic rings. The summed E-state index contributed by atoms with van der Waals surface area (Å²) in [6.07, 6.45) is 0. The topological polar surface area (TPSA) is 95.6 Å². The molecule has 7 nitrogen and oxygen atoms in total. The van der Waals surface area contributed by atoms with Gasteiger partial charge in [-0.1, -0.05) is 49.7 Å². The van der Waals surface area contributed by atoms with Crippen molar-refractivity contribution >= 4 is 39.1 Å². The predicted octanol–water partition coefficient (Wildman–Crippen LogP) is 5.27. The highest BCUT2D eigenvalue weighted by Gasteiger charge is 2.26. The van der Waals surface area contributed by atoms with Crippen molar-refractivity contribution < 1.29 is 18.0 Å². The molecule has 0 radical (unpaired) electrons. The number of nitrogens with one attached hydrogen (secondary N) is 2. The van der Waals surface area contributed by atoms with E-state index in [0.29, 0.717) is 27.4 Å². The van der Waals surface area contributed by atoms with Gasteiger partial charge in [0.2, 0.25) is 5.91 Å². The normalized spacial score (nSPS) is 12.2. The van der Waals surface area contributed by atoms with E-state index in [1.165, 1.54) is 4.90 Å². The number of hydrogen-bond donors (Lipinski definition) is 2. The van der Waals surface area contributed by atoms with E-state index in [0.717, 1.165) is 11.1 Å². The van der Waals surface area contributed by atoms with Gasteiger partial charge in [0.15, 0.2) is 0 Å². The van der Waals surface area contributed by atoms with Crippen molar-refractivity contribution in [3.05, 3.63) is 82.4 Å². The van der Waals surface area contributed by atoms with E-state index in [1.807, 2.05) is 19.9 Å². The number of likely N-dealkylation sites (N-methyl/N-ethyl adjacent to an activating group) is 1. The minimum atomic E-state index is -3.82. The fourth-order valence-corrected chi connectivity index (χ4v) is 5.43. The first kappa shape index (κ1) is 28.2. The van der Waals surface area contributed by atoms with Crippen molar-refractivity contribution in [3.8, 4) is 11.1 Å². The summed E-state index contributed by atoms with van der Waals surface area (Å²) in [6, 6.07) is 16.5. The number of amides is 2. The molecule has 0 spiro atoms. The van der Waals surface area contributed by atoms with Crippen molar-refractivity contribution in [2.24, 2.45) is 5.92 Å². The number of aryl methyl sites for hydroxylation is 2. The van der Waals surface area contributed by atoms with Gasteiger partial charge < -0.3 is 10.2 Å². The van der Waals surface area contributed by atoms with Gasteiger partial charge >= 0.3 is 0 Å². The number of halogens is 1. The summed E-state index contributed by atoms with van der Waals surface area (Å²) in [5.74, 6) is -0.566. The number of rotatable bonds is 8. The molecule has 0 fully saturated rings. The standard InChI is InChI=1S/C28H32ClN3O4S/c1-17(2)26(28(34)32(5)6)30-27(33)21-12-10-20(11-13-21)22-8-7-9-23(16-22)31-37(35,36)25-15-18(3)24(29)14-19(25)4/h7-17,26,31H,1-6H3,(H,30,33). The van der Waals surface area contributed by atoms with Crippen molar-refractivity contribution in [1.82, 2.24) is 10.2 Å². The number of hydrogen-bond acceptors (Lipinski definition) is 4. The lowest BCUT2D eigenvalue weighted by Gasteiger charge is -2.24. The Bertz CT molecular complexity index is 1420. The average molecular weight is 542 g/mol. The summed E-state index contributed by atoms with van der Waals surface area (Å²) in [5.41, 5.74) is 3.65. The summed E-state index contributed by atoms with van der Waals surface area (Å²) < 4.78 is 28.7. The van der Waals surface area contributed by atoms with Gasteiger partial charge in [0.25, 0.3) is 15.9 Å².